The molecule has 0 saturated carbocycles. The zero-order valence-corrected chi connectivity index (χ0v) is 11.5. The lowest BCUT2D eigenvalue weighted by Gasteiger charge is -2.08. The lowest BCUT2D eigenvalue weighted by Crippen LogP contribution is -2.10. The van der Waals surface area contributed by atoms with E-state index in [9.17, 15) is 4.79 Å². The van der Waals surface area contributed by atoms with Crippen molar-refractivity contribution in [3.8, 4) is 5.75 Å². The minimum Gasteiger partial charge on any atom is -0.495 e. The van der Waals surface area contributed by atoms with E-state index in [1.165, 1.54) is 0 Å². The molecule has 0 aliphatic rings. The third kappa shape index (κ3) is 2.31. The van der Waals surface area contributed by atoms with Gasteiger partial charge < -0.3 is 4.74 Å². The molecule has 1 unspecified atom stereocenters. The molecule has 2 aromatic carbocycles. The Balaban J connectivity index is 2.57. The molecule has 2 nitrogen and oxygen atoms in total. The molecule has 0 aliphatic carbocycles. The second-order valence-electron chi connectivity index (χ2n) is 4.00. The van der Waals surface area contributed by atoms with Gasteiger partial charge in [0.15, 0.2) is 5.78 Å². The molecular formula is C14H12Cl2O2. The molecule has 4 heteroatoms. The van der Waals surface area contributed by atoms with Crippen LogP contribution in [-0.4, -0.2) is 18.3 Å². The van der Waals surface area contributed by atoms with Crippen LogP contribution in [-0.2, 0) is 0 Å². The smallest absolute Gasteiger partial charge is 0.180 e. The van der Waals surface area contributed by atoms with Gasteiger partial charge in [-0.3, -0.25) is 4.79 Å². The number of fused-ring (bicyclic) bond motifs is 1. The van der Waals surface area contributed by atoms with Crippen LogP contribution in [0.5, 0.6) is 5.75 Å². The second kappa shape index (κ2) is 5.17. The maximum absolute atomic E-state index is 11.8. The normalized spacial score (nSPS) is 12.4. The van der Waals surface area contributed by atoms with Gasteiger partial charge in [0.05, 0.1) is 17.5 Å². The highest BCUT2D eigenvalue weighted by Crippen LogP contribution is 2.33. The molecule has 18 heavy (non-hydrogen) atoms. The Hall–Kier alpha value is -1.25. The summed E-state index contributed by atoms with van der Waals surface area (Å²) in [6.45, 7) is 1.66. The van der Waals surface area contributed by atoms with Crippen LogP contribution in [0.4, 0.5) is 0 Å². The van der Waals surface area contributed by atoms with Gasteiger partial charge in [-0.05, 0) is 24.4 Å². The molecule has 0 aromatic heterocycles. The highest BCUT2D eigenvalue weighted by molar-refractivity contribution is 6.37. The van der Waals surface area contributed by atoms with Crippen LogP contribution in [0.3, 0.4) is 0 Å². The number of ketones is 1. The molecule has 0 saturated heterocycles. The first kappa shape index (κ1) is 13.2. The fourth-order valence-corrected chi connectivity index (χ4v) is 2.25. The fourth-order valence-electron chi connectivity index (χ4n) is 1.81. The van der Waals surface area contributed by atoms with Crippen molar-refractivity contribution in [3.05, 3.63) is 40.9 Å². The van der Waals surface area contributed by atoms with Crippen molar-refractivity contribution in [3.63, 3.8) is 0 Å². The summed E-state index contributed by atoms with van der Waals surface area (Å²) in [5, 5.41) is 1.77. The SMILES string of the molecule is COc1ccc2cc(C(=O)C(C)Cl)ccc2c1Cl. The Kier molecular flexibility index (Phi) is 3.79. The van der Waals surface area contributed by atoms with Crippen molar-refractivity contribution in [1.29, 1.82) is 0 Å². The van der Waals surface area contributed by atoms with E-state index in [0.717, 1.165) is 10.8 Å². The number of alkyl halides is 1. The molecule has 0 amide bonds. The number of hydrogen-bond acceptors (Lipinski definition) is 2. The van der Waals surface area contributed by atoms with Gasteiger partial charge in [0.1, 0.15) is 5.75 Å². The highest BCUT2D eigenvalue weighted by Gasteiger charge is 2.13. The van der Waals surface area contributed by atoms with Gasteiger partial charge in [-0.2, -0.15) is 0 Å². The van der Waals surface area contributed by atoms with Gasteiger partial charge in [-0.25, -0.2) is 0 Å². The topological polar surface area (TPSA) is 26.3 Å². The fraction of sp³-hybridized carbons (Fsp3) is 0.214. The summed E-state index contributed by atoms with van der Waals surface area (Å²) < 4.78 is 5.15. The molecule has 0 aliphatic heterocycles. The van der Waals surface area contributed by atoms with Crippen molar-refractivity contribution in [2.75, 3.05) is 7.11 Å². The summed E-state index contributed by atoms with van der Waals surface area (Å²) in [5.74, 6) is 0.527. The van der Waals surface area contributed by atoms with Gasteiger partial charge in [-0.1, -0.05) is 29.8 Å². The van der Waals surface area contributed by atoms with Crippen LogP contribution in [0.15, 0.2) is 30.3 Å². The minimum absolute atomic E-state index is 0.0921. The number of ether oxygens (including phenoxy) is 1. The summed E-state index contributed by atoms with van der Waals surface area (Å²) in [6, 6.07) is 8.99. The van der Waals surface area contributed by atoms with Gasteiger partial charge in [0.2, 0.25) is 0 Å². The van der Waals surface area contributed by atoms with Crippen molar-refractivity contribution in [1.82, 2.24) is 0 Å². The van der Waals surface area contributed by atoms with Crippen molar-refractivity contribution < 1.29 is 9.53 Å². The monoisotopic (exact) mass is 282 g/mol. The molecule has 0 heterocycles. The molecule has 2 aromatic rings. The zero-order chi connectivity index (χ0) is 13.3. The van der Waals surface area contributed by atoms with E-state index in [0.29, 0.717) is 16.3 Å². The van der Waals surface area contributed by atoms with Gasteiger partial charge in [0, 0.05) is 10.9 Å². The van der Waals surface area contributed by atoms with E-state index in [1.54, 1.807) is 32.2 Å². The number of halogens is 2. The maximum atomic E-state index is 11.8. The van der Waals surface area contributed by atoms with Crippen LogP contribution in [0.25, 0.3) is 10.8 Å². The average Bonchev–Trinajstić information content (AvgIpc) is 2.37. The van der Waals surface area contributed by atoms with Crippen molar-refractivity contribution >= 4 is 39.8 Å². The predicted octanol–water partition coefficient (Wildman–Crippen LogP) is 4.31. The number of carbonyl (C=O) groups excluding carboxylic acids is 1. The second-order valence-corrected chi connectivity index (χ2v) is 5.03. The number of benzene rings is 2. The molecule has 0 spiro atoms. The molecule has 0 bridgehead atoms. The van der Waals surface area contributed by atoms with Gasteiger partial charge >= 0.3 is 0 Å². The Labute approximate surface area is 115 Å². The third-order valence-electron chi connectivity index (χ3n) is 2.78. The van der Waals surface area contributed by atoms with Crippen LogP contribution in [0.2, 0.25) is 5.02 Å². The third-order valence-corrected chi connectivity index (χ3v) is 3.37. The van der Waals surface area contributed by atoms with E-state index < -0.39 is 5.38 Å². The van der Waals surface area contributed by atoms with E-state index >= 15 is 0 Å². The standard InChI is InChI=1S/C14H12Cl2O2/c1-8(15)14(17)10-3-5-11-9(7-10)4-6-12(18-2)13(11)16/h3-8H,1-2H3. The predicted molar refractivity (Wildman–Crippen MR) is 75.2 cm³/mol. The molecular weight excluding hydrogens is 271 g/mol. The van der Waals surface area contributed by atoms with Crippen LogP contribution in [0, 0.1) is 0 Å². The highest BCUT2D eigenvalue weighted by atomic mass is 35.5. The summed E-state index contributed by atoms with van der Waals surface area (Å²) in [7, 11) is 1.57. The minimum atomic E-state index is -0.531. The van der Waals surface area contributed by atoms with Crippen LogP contribution in [0.1, 0.15) is 17.3 Å². The Morgan fingerprint density at radius 1 is 1.28 bits per heavy atom. The van der Waals surface area contributed by atoms with E-state index in [4.69, 9.17) is 27.9 Å². The molecule has 0 N–H and O–H groups in total. The molecule has 0 fully saturated rings. The van der Waals surface area contributed by atoms with E-state index in [1.807, 2.05) is 12.1 Å². The first-order chi connectivity index (χ1) is 8.54. The number of rotatable bonds is 3. The Morgan fingerprint density at radius 2 is 2.00 bits per heavy atom. The first-order valence-corrected chi connectivity index (χ1v) is 6.30. The van der Waals surface area contributed by atoms with Gasteiger partial charge in [0.25, 0.3) is 0 Å². The summed E-state index contributed by atoms with van der Waals surface area (Å²) in [4.78, 5) is 11.8. The molecule has 1 atom stereocenters. The zero-order valence-electron chi connectivity index (χ0n) is 10.0. The lowest BCUT2D eigenvalue weighted by molar-refractivity contribution is 0.0992. The van der Waals surface area contributed by atoms with Crippen LogP contribution < -0.4 is 4.74 Å². The number of Topliss-reactive ketones (excluding diaryl/α,β-unsaturated/α-hetero) is 1. The summed E-state index contributed by atoms with van der Waals surface area (Å²) in [5.41, 5.74) is 0.589. The summed E-state index contributed by atoms with van der Waals surface area (Å²) >= 11 is 12.0. The Morgan fingerprint density at radius 3 is 2.61 bits per heavy atom. The lowest BCUT2D eigenvalue weighted by atomic mass is 10.0. The molecule has 2 rings (SSSR count). The van der Waals surface area contributed by atoms with Crippen molar-refractivity contribution in [2.45, 2.75) is 12.3 Å². The average molecular weight is 283 g/mol. The largest absolute Gasteiger partial charge is 0.495 e. The van der Waals surface area contributed by atoms with Crippen molar-refractivity contribution in [2.24, 2.45) is 0 Å². The molecule has 0 radical (unpaired) electrons. The Bertz CT molecular complexity index is 606. The first-order valence-electron chi connectivity index (χ1n) is 5.49. The number of hydrogen-bond donors (Lipinski definition) is 0. The quantitative estimate of drug-likeness (QED) is 0.619. The maximum Gasteiger partial charge on any atom is 0.180 e. The number of carbonyl (C=O) groups is 1. The van der Waals surface area contributed by atoms with E-state index in [2.05, 4.69) is 0 Å². The van der Waals surface area contributed by atoms with E-state index in [-0.39, 0.29) is 5.78 Å². The summed E-state index contributed by atoms with van der Waals surface area (Å²) in [6.07, 6.45) is 0. The van der Waals surface area contributed by atoms with Gasteiger partial charge in [-0.15, -0.1) is 11.6 Å². The molecule has 94 valence electrons. The number of methoxy groups -OCH3 is 1. The van der Waals surface area contributed by atoms with Crippen LogP contribution >= 0.6 is 23.2 Å².